The van der Waals surface area contributed by atoms with Crippen molar-refractivity contribution in [2.45, 2.75) is 39.8 Å². The Hall–Kier alpha value is -1.73. The van der Waals surface area contributed by atoms with Gasteiger partial charge < -0.3 is 15.5 Å². The standard InChI is InChI=1S/C15H24N4O2S/c1-11(2)18(12(3)4)10-9-16-15(22)17-13-5-7-14(8-6-13)19(20)21/h5-8,11-12H,9-10H2,1-4H3,(H2,16,17,22)/p+1. The van der Waals surface area contributed by atoms with Crippen LogP contribution in [-0.2, 0) is 0 Å². The molecule has 0 fully saturated rings. The fraction of sp³-hybridized carbons (Fsp3) is 0.533. The summed E-state index contributed by atoms with van der Waals surface area (Å²) >= 11 is 5.24. The molecule has 0 unspecified atom stereocenters. The maximum atomic E-state index is 10.6. The molecule has 0 atom stereocenters. The normalized spacial score (nSPS) is 11.0. The Morgan fingerprint density at radius 1 is 1.23 bits per heavy atom. The molecular weight excluding hydrogens is 300 g/mol. The van der Waals surface area contributed by atoms with Crippen LogP contribution in [0.3, 0.4) is 0 Å². The minimum Gasteiger partial charge on any atom is -0.357 e. The average Bonchev–Trinajstić information content (AvgIpc) is 2.43. The van der Waals surface area contributed by atoms with Gasteiger partial charge in [0.25, 0.3) is 5.69 Å². The van der Waals surface area contributed by atoms with Gasteiger partial charge in [0.15, 0.2) is 5.11 Å². The molecule has 0 aliphatic heterocycles. The number of anilines is 1. The summed E-state index contributed by atoms with van der Waals surface area (Å²) in [6, 6.07) is 7.33. The molecule has 0 aliphatic carbocycles. The van der Waals surface area contributed by atoms with Crippen molar-refractivity contribution in [2.24, 2.45) is 0 Å². The van der Waals surface area contributed by atoms with Crippen molar-refractivity contribution >= 4 is 28.7 Å². The molecule has 0 amide bonds. The SMILES string of the molecule is CC(C)[NH+](CCNC(=S)Nc1ccc([N+](=O)[O-])cc1)C(C)C. The first kappa shape index (κ1) is 18.3. The number of nitro benzene ring substituents is 1. The number of hydrogen-bond acceptors (Lipinski definition) is 3. The zero-order valence-corrected chi connectivity index (χ0v) is 14.4. The molecule has 7 heteroatoms. The minimum absolute atomic E-state index is 0.0672. The zero-order chi connectivity index (χ0) is 16.7. The molecule has 0 saturated heterocycles. The molecule has 1 rings (SSSR count). The lowest BCUT2D eigenvalue weighted by Crippen LogP contribution is -3.18. The van der Waals surface area contributed by atoms with Crippen molar-refractivity contribution in [2.75, 3.05) is 18.4 Å². The smallest absolute Gasteiger partial charge is 0.269 e. The average molecular weight is 325 g/mol. The van der Waals surface area contributed by atoms with Crippen LogP contribution in [0.2, 0.25) is 0 Å². The molecule has 0 heterocycles. The van der Waals surface area contributed by atoms with Crippen molar-refractivity contribution in [3.8, 4) is 0 Å². The van der Waals surface area contributed by atoms with Gasteiger partial charge in [0.1, 0.15) is 0 Å². The van der Waals surface area contributed by atoms with E-state index in [0.717, 1.165) is 18.8 Å². The van der Waals surface area contributed by atoms with Crippen LogP contribution in [0.1, 0.15) is 27.7 Å². The molecule has 0 bridgehead atoms. The van der Waals surface area contributed by atoms with Gasteiger partial charge in [0.05, 0.1) is 30.1 Å². The Labute approximate surface area is 137 Å². The molecule has 0 aromatic heterocycles. The number of benzene rings is 1. The molecule has 6 nitrogen and oxygen atoms in total. The molecule has 0 radical (unpaired) electrons. The number of nitrogens with zero attached hydrogens (tertiary/aromatic N) is 1. The van der Waals surface area contributed by atoms with Crippen molar-refractivity contribution in [1.29, 1.82) is 0 Å². The van der Waals surface area contributed by atoms with Gasteiger partial charge in [-0.25, -0.2) is 0 Å². The van der Waals surface area contributed by atoms with Crippen LogP contribution in [0.15, 0.2) is 24.3 Å². The Morgan fingerprint density at radius 2 is 1.77 bits per heavy atom. The third-order valence-electron chi connectivity index (χ3n) is 3.52. The van der Waals surface area contributed by atoms with E-state index in [4.69, 9.17) is 12.2 Å². The summed E-state index contributed by atoms with van der Waals surface area (Å²) in [5, 5.41) is 17.3. The van der Waals surface area contributed by atoms with Crippen molar-refractivity contribution in [1.82, 2.24) is 5.32 Å². The van der Waals surface area contributed by atoms with Crippen LogP contribution in [-0.4, -0.2) is 35.2 Å². The van der Waals surface area contributed by atoms with Gasteiger partial charge in [-0.05, 0) is 52.0 Å². The predicted octanol–water partition coefficient (Wildman–Crippen LogP) is 1.58. The van der Waals surface area contributed by atoms with E-state index in [1.165, 1.54) is 17.0 Å². The number of nitro groups is 1. The monoisotopic (exact) mass is 325 g/mol. The number of quaternary nitrogens is 1. The molecule has 0 aliphatic rings. The Bertz CT molecular complexity index is 495. The third kappa shape index (κ3) is 5.95. The highest BCUT2D eigenvalue weighted by molar-refractivity contribution is 7.80. The lowest BCUT2D eigenvalue weighted by atomic mass is 10.2. The summed E-state index contributed by atoms with van der Waals surface area (Å²) in [5.41, 5.74) is 0.803. The highest BCUT2D eigenvalue weighted by Gasteiger charge is 2.16. The second-order valence-electron chi connectivity index (χ2n) is 5.82. The number of non-ortho nitro benzene ring substituents is 1. The predicted molar refractivity (Wildman–Crippen MR) is 93.4 cm³/mol. The Balaban J connectivity index is 2.41. The van der Waals surface area contributed by atoms with Crippen LogP contribution >= 0.6 is 12.2 Å². The first-order valence-electron chi connectivity index (χ1n) is 7.46. The quantitative estimate of drug-likeness (QED) is 0.403. The van der Waals surface area contributed by atoms with E-state index >= 15 is 0 Å². The molecule has 3 N–H and O–H groups in total. The largest absolute Gasteiger partial charge is 0.357 e. The van der Waals surface area contributed by atoms with E-state index in [1.807, 2.05) is 0 Å². The van der Waals surface area contributed by atoms with Crippen LogP contribution in [0.4, 0.5) is 11.4 Å². The van der Waals surface area contributed by atoms with E-state index in [1.54, 1.807) is 12.1 Å². The van der Waals surface area contributed by atoms with Gasteiger partial charge >= 0.3 is 0 Å². The highest BCUT2D eigenvalue weighted by atomic mass is 32.1. The lowest BCUT2D eigenvalue weighted by molar-refractivity contribution is -0.941. The number of rotatable bonds is 7. The Morgan fingerprint density at radius 3 is 2.23 bits per heavy atom. The summed E-state index contributed by atoms with van der Waals surface area (Å²) < 4.78 is 0. The van der Waals surface area contributed by atoms with Gasteiger partial charge in [0, 0.05) is 17.8 Å². The van der Waals surface area contributed by atoms with Crippen molar-refractivity contribution in [3.05, 3.63) is 34.4 Å². The maximum absolute atomic E-state index is 10.6. The Kier molecular flexibility index (Phi) is 7.20. The molecule has 1 aromatic carbocycles. The van der Waals surface area contributed by atoms with Crippen molar-refractivity contribution < 1.29 is 9.82 Å². The van der Waals surface area contributed by atoms with E-state index in [0.29, 0.717) is 17.2 Å². The molecule has 1 aromatic rings. The number of nitrogens with one attached hydrogen (secondary N) is 3. The number of thiocarbonyl (C=S) groups is 1. The molecule has 122 valence electrons. The summed E-state index contributed by atoms with van der Waals surface area (Å²) in [6.07, 6.45) is 0. The molecular formula is C15H25N4O2S+. The van der Waals surface area contributed by atoms with Crippen LogP contribution in [0.25, 0.3) is 0 Å². The second-order valence-corrected chi connectivity index (χ2v) is 6.23. The fourth-order valence-corrected chi connectivity index (χ4v) is 2.63. The van der Waals surface area contributed by atoms with Gasteiger partial charge in [-0.2, -0.15) is 0 Å². The highest BCUT2D eigenvalue weighted by Crippen LogP contribution is 2.15. The van der Waals surface area contributed by atoms with E-state index in [2.05, 4.69) is 38.3 Å². The van der Waals surface area contributed by atoms with Gasteiger partial charge in [0.2, 0.25) is 0 Å². The first-order valence-corrected chi connectivity index (χ1v) is 7.87. The second kappa shape index (κ2) is 8.65. The third-order valence-corrected chi connectivity index (χ3v) is 3.76. The van der Waals surface area contributed by atoms with Crippen LogP contribution in [0, 0.1) is 10.1 Å². The van der Waals surface area contributed by atoms with E-state index in [9.17, 15) is 10.1 Å². The topological polar surface area (TPSA) is 71.6 Å². The van der Waals surface area contributed by atoms with Crippen LogP contribution < -0.4 is 15.5 Å². The lowest BCUT2D eigenvalue weighted by Gasteiger charge is -2.27. The molecule has 0 spiro atoms. The van der Waals surface area contributed by atoms with Gasteiger partial charge in [-0.3, -0.25) is 10.1 Å². The first-order chi connectivity index (χ1) is 10.3. The summed E-state index contributed by atoms with van der Waals surface area (Å²) in [4.78, 5) is 11.7. The van der Waals surface area contributed by atoms with E-state index in [-0.39, 0.29) is 5.69 Å². The fourth-order valence-electron chi connectivity index (χ4n) is 2.41. The molecule has 22 heavy (non-hydrogen) atoms. The zero-order valence-electron chi connectivity index (χ0n) is 13.6. The minimum atomic E-state index is -0.421. The van der Waals surface area contributed by atoms with Gasteiger partial charge in [-0.1, -0.05) is 0 Å². The summed E-state index contributed by atoms with van der Waals surface area (Å²) in [7, 11) is 0. The van der Waals surface area contributed by atoms with Crippen LogP contribution in [0.5, 0.6) is 0 Å². The summed E-state index contributed by atoms with van der Waals surface area (Å²) in [5.74, 6) is 0. The maximum Gasteiger partial charge on any atom is 0.269 e. The molecule has 0 saturated carbocycles. The number of hydrogen-bond donors (Lipinski definition) is 3. The van der Waals surface area contributed by atoms with Gasteiger partial charge in [-0.15, -0.1) is 0 Å². The van der Waals surface area contributed by atoms with E-state index < -0.39 is 4.92 Å². The van der Waals surface area contributed by atoms with Crippen molar-refractivity contribution in [3.63, 3.8) is 0 Å². The summed E-state index contributed by atoms with van der Waals surface area (Å²) in [6.45, 7) is 10.6.